The van der Waals surface area contributed by atoms with Gasteiger partial charge < -0.3 is 10.4 Å². The third-order valence-corrected chi connectivity index (χ3v) is 2.75. The molecular formula is C13H9ClN4O2. The number of nitrogens with one attached hydrogen (secondary N) is 1. The number of aromatic nitrogens is 2. The van der Waals surface area contributed by atoms with Gasteiger partial charge in [0.15, 0.2) is 0 Å². The molecule has 6 nitrogen and oxygen atoms in total. The number of carbonyl (C=O) groups is 1. The second-order valence-corrected chi connectivity index (χ2v) is 4.36. The predicted molar refractivity (Wildman–Crippen MR) is 73.2 cm³/mol. The van der Waals surface area contributed by atoms with Gasteiger partial charge in [-0.25, -0.2) is 14.8 Å². The monoisotopic (exact) mass is 288 g/mol. The molecule has 0 aliphatic rings. The van der Waals surface area contributed by atoms with E-state index >= 15 is 0 Å². The molecule has 0 bridgehead atoms. The molecule has 0 radical (unpaired) electrons. The Hall–Kier alpha value is -2.65. The van der Waals surface area contributed by atoms with E-state index in [2.05, 4.69) is 15.3 Å². The van der Waals surface area contributed by atoms with Crippen LogP contribution < -0.4 is 5.32 Å². The summed E-state index contributed by atoms with van der Waals surface area (Å²) >= 11 is 5.78. The molecule has 1 aromatic heterocycles. The van der Waals surface area contributed by atoms with Gasteiger partial charge in [-0.3, -0.25) is 0 Å². The number of nitrogens with zero attached hydrogens (tertiary/aromatic N) is 3. The fourth-order valence-corrected chi connectivity index (χ4v) is 1.78. The van der Waals surface area contributed by atoms with Crippen molar-refractivity contribution in [1.29, 1.82) is 5.26 Å². The van der Waals surface area contributed by atoms with Crippen LogP contribution in [0, 0.1) is 18.3 Å². The highest BCUT2D eigenvalue weighted by atomic mass is 35.5. The highest BCUT2D eigenvalue weighted by molar-refractivity contribution is 6.33. The van der Waals surface area contributed by atoms with E-state index < -0.39 is 5.97 Å². The largest absolute Gasteiger partial charge is 0.478 e. The molecule has 0 unspecified atom stereocenters. The van der Waals surface area contributed by atoms with Crippen molar-refractivity contribution >= 4 is 29.2 Å². The number of hydrogen-bond acceptors (Lipinski definition) is 5. The molecular weight excluding hydrogens is 280 g/mol. The number of benzene rings is 1. The molecule has 2 N–H and O–H groups in total. The van der Waals surface area contributed by atoms with Crippen LogP contribution in [0.1, 0.15) is 21.7 Å². The van der Waals surface area contributed by atoms with Crippen LogP contribution in [0.4, 0.5) is 11.6 Å². The van der Waals surface area contributed by atoms with E-state index in [1.54, 1.807) is 19.1 Å². The lowest BCUT2D eigenvalue weighted by Gasteiger charge is -2.07. The fraction of sp³-hybridized carbons (Fsp3) is 0.0769. The van der Waals surface area contributed by atoms with Crippen LogP contribution in [0.5, 0.6) is 0 Å². The summed E-state index contributed by atoms with van der Waals surface area (Å²) in [4.78, 5) is 19.1. The summed E-state index contributed by atoms with van der Waals surface area (Å²) in [7, 11) is 0. The van der Waals surface area contributed by atoms with Crippen molar-refractivity contribution in [2.45, 2.75) is 6.92 Å². The van der Waals surface area contributed by atoms with Crippen LogP contribution in [0.2, 0.25) is 5.02 Å². The van der Waals surface area contributed by atoms with Gasteiger partial charge in [0.2, 0.25) is 5.95 Å². The number of anilines is 2. The Morgan fingerprint density at radius 1 is 1.40 bits per heavy atom. The number of halogens is 1. The molecule has 2 aromatic rings. The van der Waals surface area contributed by atoms with Crippen molar-refractivity contribution in [2.24, 2.45) is 0 Å². The van der Waals surface area contributed by atoms with Gasteiger partial charge in [-0.15, -0.1) is 0 Å². The van der Waals surface area contributed by atoms with E-state index in [4.69, 9.17) is 22.0 Å². The zero-order valence-electron chi connectivity index (χ0n) is 10.4. The van der Waals surface area contributed by atoms with E-state index in [-0.39, 0.29) is 22.2 Å². The maximum Gasteiger partial charge on any atom is 0.337 e. The predicted octanol–water partition coefficient (Wildman–Crippen LogP) is 2.75. The molecule has 0 fully saturated rings. The molecule has 100 valence electrons. The van der Waals surface area contributed by atoms with Crippen molar-refractivity contribution in [3.8, 4) is 6.07 Å². The van der Waals surface area contributed by atoms with E-state index in [0.717, 1.165) is 0 Å². The Labute approximate surface area is 119 Å². The highest BCUT2D eigenvalue weighted by Gasteiger charge is 2.10. The number of carboxylic acid groups (broad SMARTS) is 1. The standard InChI is InChI=1S/C13H9ClN4O2/c1-7-4-9(6-15)18-13(16-7)17-8-2-3-11(14)10(5-8)12(19)20/h2-5H,1H3,(H,19,20)(H,16,17,18). The van der Waals surface area contributed by atoms with Crippen LogP contribution in [0.3, 0.4) is 0 Å². The zero-order chi connectivity index (χ0) is 14.7. The van der Waals surface area contributed by atoms with Crippen LogP contribution in [0.15, 0.2) is 24.3 Å². The third kappa shape index (κ3) is 3.02. The molecule has 0 amide bonds. The molecule has 0 saturated heterocycles. The Kier molecular flexibility index (Phi) is 3.82. The average molecular weight is 289 g/mol. The Bertz CT molecular complexity index is 725. The van der Waals surface area contributed by atoms with Gasteiger partial charge in [0.1, 0.15) is 11.8 Å². The first-order valence-corrected chi connectivity index (χ1v) is 5.93. The maximum atomic E-state index is 11.0. The zero-order valence-corrected chi connectivity index (χ0v) is 11.1. The summed E-state index contributed by atoms with van der Waals surface area (Å²) in [5.41, 5.74) is 1.31. The fourth-order valence-electron chi connectivity index (χ4n) is 1.58. The Balaban J connectivity index is 2.35. The van der Waals surface area contributed by atoms with Crippen molar-refractivity contribution in [1.82, 2.24) is 9.97 Å². The van der Waals surface area contributed by atoms with E-state index in [1.165, 1.54) is 12.1 Å². The third-order valence-electron chi connectivity index (χ3n) is 2.42. The van der Waals surface area contributed by atoms with Crippen molar-refractivity contribution in [3.63, 3.8) is 0 Å². The van der Waals surface area contributed by atoms with Gasteiger partial charge >= 0.3 is 5.97 Å². The number of carboxylic acids is 1. The van der Waals surface area contributed by atoms with Crippen LogP contribution >= 0.6 is 11.6 Å². The minimum atomic E-state index is -1.12. The minimum Gasteiger partial charge on any atom is -0.478 e. The summed E-state index contributed by atoms with van der Waals surface area (Å²) in [6, 6.07) is 7.93. The summed E-state index contributed by atoms with van der Waals surface area (Å²) < 4.78 is 0. The van der Waals surface area contributed by atoms with Crippen LogP contribution in [-0.4, -0.2) is 21.0 Å². The lowest BCUT2D eigenvalue weighted by atomic mass is 10.2. The van der Waals surface area contributed by atoms with Crippen LogP contribution in [-0.2, 0) is 0 Å². The molecule has 1 heterocycles. The smallest absolute Gasteiger partial charge is 0.337 e. The van der Waals surface area contributed by atoms with Crippen molar-refractivity contribution < 1.29 is 9.90 Å². The second kappa shape index (κ2) is 5.55. The average Bonchev–Trinajstić information content (AvgIpc) is 2.40. The van der Waals surface area contributed by atoms with Crippen molar-refractivity contribution in [2.75, 3.05) is 5.32 Å². The topological polar surface area (TPSA) is 98.9 Å². The molecule has 0 aliphatic carbocycles. The van der Waals surface area contributed by atoms with E-state index in [9.17, 15) is 4.79 Å². The molecule has 0 saturated carbocycles. The summed E-state index contributed by atoms with van der Waals surface area (Å²) in [6.07, 6.45) is 0. The normalized spacial score (nSPS) is 9.85. The second-order valence-electron chi connectivity index (χ2n) is 3.95. The Morgan fingerprint density at radius 3 is 2.80 bits per heavy atom. The maximum absolute atomic E-state index is 11.0. The SMILES string of the molecule is Cc1cc(C#N)nc(Nc2ccc(Cl)c(C(=O)O)c2)n1. The Morgan fingerprint density at radius 2 is 2.15 bits per heavy atom. The molecule has 0 spiro atoms. The number of rotatable bonds is 3. The van der Waals surface area contributed by atoms with Gasteiger partial charge in [-0.1, -0.05) is 11.6 Å². The molecule has 2 rings (SSSR count). The van der Waals surface area contributed by atoms with Gasteiger partial charge in [0.25, 0.3) is 0 Å². The van der Waals surface area contributed by atoms with E-state index in [1.807, 2.05) is 6.07 Å². The molecule has 0 atom stereocenters. The first kappa shape index (κ1) is 13.8. The highest BCUT2D eigenvalue weighted by Crippen LogP contribution is 2.22. The number of aryl methyl sites for hydroxylation is 1. The van der Waals surface area contributed by atoms with Crippen molar-refractivity contribution in [3.05, 3.63) is 46.2 Å². The lowest BCUT2D eigenvalue weighted by molar-refractivity contribution is 0.0697. The van der Waals surface area contributed by atoms with Crippen LogP contribution in [0.25, 0.3) is 0 Å². The minimum absolute atomic E-state index is 0.0233. The van der Waals surface area contributed by atoms with Gasteiger partial charge in [0.05, 0.1) is 10.6 Å². The molecule has 7 heteroatoms. The first-order valence-electron chi connectivity index (χ1n) is 5.55. The lowest BCUT2D eigenvalue weighted by Crippen LogP contribution is -2.03. The van der Waals surface area contributed by atoms with Gasteiger partial charge in [0, 0.05) is 11.4 Å². The van der Waals surface area contributed by atoms with Gasteiger partial charge in [-0.2, -0.15) is 5.26 Å². The number of aromatic carboxylic acids is 1. The quantitative estimate of drug-likeness (QED) is 0.901. The first-order chi connectivity index (χ1) is 9.49. The summed E-state index contributed by atoms with van der Waals surface area (Å²) in [5, 5.41) is 20.8. The van der Waals surface area contributed by atoms with E-state index in [0.29, 0.717) is 11.4 Å². The number of nitriles is 1. The number of hydrogen-bond donors (Lipinski definition) is 2. The molecule has 20 heavy (non-hydrogen) atoms. The summed E-state index contributed by atoms with van der Waals surface area (Å²) in [5.74, 6) is -0.901. The van der Waals surface area contributed by atoms with Gasteiger partial charge in [-0.05, 0) is 31.2 Å². The molecule has 0 aliphatic heterocycles. The summed E-state index contributed by atoms with van der Waals surface area (Å²) in [6.45, 7) is 1.73. The molecule has 1 aromatic carbocycles.